The molecule has 16 heavy (non-hydrogen) atoms. The van der Waals surface area contributed by atoms with Crippen molar-refractivity contribution in [2.24, 2.45) is 0 Å². The summed E-state index contributed by atoms with van der Waals surface area (Å²) in [6, 6.07) is 4.71. The molecule has 2 rings (SSSR count). The molecule has 2 aromatic rings. The molecule has 0 unspecified atom stereocenters. The molecule has 0 radical (unpaired) electrons. The van der Waals surface area contributed by atoms with Crippen molar-refractivity contribution in [1.29, 1.82) is 0 Å². The van der Waals surface area contributed by atoms with Gasteiger partial charge in [0.15, 0.2) is 0 Å². The van der Waals surface area contributed by atoms with Gasteiger partial charge in [-0.15, -0.1) is 0 Å². The number of hydrogen-bond donors (Lipinski definition) is 0. The zero-order chi connectivity index (χ0) is 11.9. The molecular formula is C11H10N2O3. The van der Waals surface area contributed by atoms with E-state index in [9.17, 15) is 14.9 Å². The van der Waals surface area contributed by atoms with E-state index in [1.807, 2.05) is 6.92 Å². The highest BCUT2D eigenvalue weighted by molar-refractivity contribution is 5.97. The van der Waals surface area contributed by atoms with Crippen LogP contribution in [0.15, 0.2) is 24.4 Å². The first-order valence-electron chi connectivity index (χ1n) is 4.78. The predicted octanol–water partition coefficient (Wildman–Crippen LogP) is 2.52. The first-order valence-corrected chi connectivity index (χ1v) is 4.78. The van der Waals surface area contributed by atoms with Crippen molar-refractivity contribution in [1.82, 2.24) is 4.57 Å². The average molecular weight is 218 g/mol. The van der Waals surface area contributed by atoms with Crippen molar-refractivity contribution in [3.8, 4) is 0 Å². The number of non-ortho nitro benzene ring substituents is 1. The van der Waals surface area contributed by atoms with Crippen molar-refractivity contribution in [3.63, 3.8) is 0 Å². The lowest BCUT2D eigenvalue weighted by Crippen LogP contribution is -2.04. The minimum Gasteiger partial charge on any atom is -0.287 e. The summed E-state index contributed by atoms with van der Waals surface area (Å²) < 4.78 is 1.43. The van der Waals surface area contributed by atoms with Crippen LogP contribution in [0.25, 0.3) is 10.9 Å². The lowest BCUT2D eigenvalue weighted by molar-refractivity contribution is -0.383. The zero-order valence-corrected chi connectivity index (χ0v) is 8.93. The second-order valence-corrected chi connectivity index (χ2v) is 3.63. The van der Waals surface area contributed by atoms with Crippen molar-refractivity contribution in [3.05, 3.63) is 40.1 Å². The van der Waals surface area contributed by atoms with E-state index in [0.717, 1.165) is 5.56 Å². The van der Waals surface area contributed by atoms with Crippen LogP contribution < -0.4 is 0 Å². The Balaban J connectivity index is 2.88. The molecular weight excluding hydrogens is 208 g/mol. The third-order valence-corrected chi connectivity index (χ3v) is 2.56. The number of nitro groups is 1. The molecule has 0 spiro atoms. The second-order valence-electron chi connectivity index (χ2n) is 3.63. The fraction of sp³-hybridized carbons (Fsp3) is 0.182. The van der Waals surface area contributed by atoms with Gasteiger partial charge in [0.1, 0.15) is 0 Å². The fourth-order valence-corrected chi connectivity index (χ4v) is 1.84. The Kier molecular flexibility index (Phi) is 2.23. The van der Waals surface area contributed by atoms with E-state index in [2.05, 4.69) is 0 Å². The number of aryl methyl sites for hydroxylation is 1. The summed E-state index contributed by atoms with van der Waals surface area (Å²) >= 11 is 0. The van der Waals surface area contributed by atoms with Crippen LogP contribution in [0.4, 0.5) is 5.69 Å². The smallest absolute Gasteiger partial charge is 0.278 e. The Morgan fingerprint density at radius 3 is 2.62 bits per heavy atom. The molecule has 0 aliphatic carbocycles. The third-order valence-electron chi connectivity index (χ3n) is 2.56. The van der Waals surface area contributed by atoms with Gasteiger partial charge in [-0.3, -0.25) is 19.5 Å². The SMILES string of the molecule is CC(=O)n1ccc2c([N+](=O)[O-])ccc(C)c21. The highest BCUT2D eigenvalue weighted by Gasteiger charge is 2.17. The molecule has 82 valence electrons. The van der Waals surface area contributed by atoms with Gasteiger partial charge >= 0.3 is 0 Å². The molecule has 5 nitrogen and oxygen atoms in total. The molecule has 1 aromatic carbocycles. The quantitative estimate of drug-likeness (QED) is 0.545. The van der Waals surface area contributed by atoms with Crippen LogP contribution >= 0.6 is 0 Å². The first-order chi connectivity index (χ1) is 7.52. The third kappa shape index (κ3) is 1.37. The summed E-state index contributed by atoms with van der Waals surface area (Å²) in [6.07, 6.45) is 1.56. The number of rotatable bonds is 1. The summed E-state index contributed by atoms with van der Waals surface area (Å²) in [5.41, 5.74) is 1.49. The molecule has 0 aliphatic heterocycles. The molecule has 0 N–H and O–H groups in total. The monoisotopic (exact) mass is 218 g/mol. The molecule has 5 heteroatoms. The van der Waals surface area contributed by atoms with Crippen molar-refractivity contribution >= 4 is 22.5 Å². The van der Waals surface area contributed by atoms with Gasteiger partial charge in [-0.05, 0) is 18.6 Å². The maximum atomic E-state index is 11.3. The van der Waals surface area contributed by atoms with Gasteiger partial charge < -0.3 is 0 Å². The Morgan fingerprint density at radius 1 is 1.38 bits per heavy atom. The van der Waals surface area contributed by atoms with E-state index in [0.29, 0.717) is 10.9 Å². The van der Waals surface area contributed by atoms with Crippen LogP contribution in [0.2, 0.25) is 0 Å². The maximum absolute atomic E-state index is 11.3. The van der Waals surface area contributed by atoms with Crippen LogP contribution in [0, 0.1) is 17.0 Å². The number of nitrogens with zero attached hydrogens (tertiary/aromatic N) is 2. The summed E-state index contributed by atoms with van der Waals surface area (Å²) in [6.45, 7) is 3.25. The highest BCUT2D eigenvalue weighted by Crippen LogP contribution is 2.28. The average Bonchev–Trinajstić information content (AvgIpc) is 2.62. The Hall–Kier alpha value is -2.17. The predicted molar refractivity (Wildman–Crippen MR) is 59.6 cm³/mol. The Bertz CT molecular complexity index is 599. The number of carbonyl (C=O) groups excluding carboxylic acids is 1. The lowest BCUT2D eigenvalue weighted by atomic mass is 10.1. The van der Waals surface area contributed by atoms with Gasteiger partial charge in [-0.1, -0.05) is 6.07 Å². The minimum atomic E-state index is -0.438. The topological polar surface area (TPSA) is 65.1 Å². The first kappa shape index (κ1) is 10.4. The van der Waals surface area contributed by atoms with E-state index in [1.54, 1.807) is 18.3 Å². The van der Waals surface area contributed by atoms with E-state index >= 15 is 0 Å². The van der Waals surface area contributed by atoms with Gasteiger partial charge in [0.2, 0.25) is 5.91 Å². The van der Waals surface area contributed by atoms with E-state index in [1.165, 1.54) is 17.6 Å². The standard InChI is InChI=1S/C11H10N2O3/c1-7-3-4-10(13(15)16)9-5-6-12(8(2)14)11(7)9/h3-6H,1-2H3. The molecule has 0 aliphatic rings. The fourth-order valence-electron chi connectivity index (χ4n) is 1.84. The molecule has 1 heterocycles. The summed E-state index contributed by atoms with van der Waals surface area (Å²) in [4.78, 5) is 21.7. The van der Waals surface area contributed by atoms with Crippen LogP contribution in [0.5, 0.6) is 0 Å². The van der Waals surface area contributed by atoms with Gasteiger partial charge in [0.05, 0.1) is 15.8 Å². The summed E-state index contributed by atoms with van der Waals surface area (Å²) in [5.74, 6) is -0.154. The van der Waals surface area contributed by atoms with Crippen LogP contribution in [0.3, 0.4) is 0 Å². The highest BCUT2D eigenvalue weighted by atomic mass is 16.6. The Labute approximate surface area is 91.4 Å². The maximum Gasteiger partial charge on any atom is 0.278 e. The van der Waals surface area contributed by atoms with E-state index in [-0.39, 0.29) is 11.6 Å². The van der Waals surface area contributed by atoms with Gasteiger partial charge in [-0.25, -0.2) is 0 Å². The molecule has 0 atom stereocenters. The minimum absolute atomic E-state index is 0.0283. The van der Waals surface area contributed by atoms with Gasteiger partial charge in [0, 0.05) is 19.2 Å². The summed E-state index contributed by atoms with van der Waals surface area (Å²) in [5, 5.41) is 11.3. The molecule has 0 saturated carbocycles. The molecule has 0 fully saturated rings. The number of aromatic nitrogens is 1. The second kappa shape index (κ2) is 3.44. The van der Waals surface area contributed by atoms with Crippen molar-refractivity contribution in [2.45, 2.75) is 13.8 Å². The van der Waals surface area contributed by atoms with Crippen molar-refractivity contribution in [2.75, 3.05) is 0 Å². The lowest BCUT2D eigenvalue weighted by Gasteiger charge is -2.03. The van der Waals surface area contributed by atoms with E-state index < -0.39 is 4.92 Å². The van der Waals surface area contributed by atoms with Crippen LogP contribution in [-0.2, 0) is 0 Å². The van der Waals surface area contributed by atoms with Crippen LogP contribution in [0.1, 0.15) is 17.3 Å². The number of hydrogen-bond acceptors (Lipinski definition) is 3. The van der Waals surface area contributed by atoms with Gasteiger partial charge in [0.25, 0.3) is 5.69 Å². The molecule has 0 bridgehead atoms. The molecule has 1 aromatic heterocycles. The number of benzene rings is 1. The number of fused-ring (bicyclic) bond motifs is 1. The van der Waals surface area contributed by atoms with Crippen molar-refractivity contribution < 1.29 is 9.72 Å². The van der Waals surface area contributed by atoms with Gasteiger partial charge in [-0.2, -0.15) is 0 Å². The number of nitro benzene ring substituents is 1. The van der Waals surface area contributed by atoms with E-state index in [4.69, 9.17) is 0 Å². The largest absolute Gasteiger partial charge is 0.287 e. The normalized spacial score (nSPS) is 10.6. The molecule has 0 saturated heterocycles. The Morgan fingerprint density at radius 2 is 2.06 bits per heavy atom. The molecule has 0 amide bonds. The summed E-state index contributed by atoms with van der Waals surface area (Å²) in [7, 11) is 0. The van der Waals surface area contributed by atoms with Crippen LogP contribution in [-0.4, -0.2) is 15.4 Å². The number of carbonyl (C=O) groups is 1. The zero-order valence-electron chi connectivity index (χ0n) is 8.93.